The SMILES string of the molecule is CC(C)(O/N=C(\C(=O)NC1C(=O)N2C(OC(=O)O)=C(CNC(=O)c3ncccc3C(=O)c3ccc(O)c(O)c3)CS[C@@H]12)c1csc(N)n1)C(=O)O. The van der Waals surface area contributed by atoms with Gasteiger partial charge in [-0.3, -0.25) is 29.1 Å². The van der Waals surface area contributed by atoms with E-state index in [2.05, 4.69) is 25.8 Å². The number of thioether (sulfide) groups is 1. The smallest absolute Gasteiger partial charge is 0.504 e. The normalized spacial score (nSPS) is 17.2. The lowest BCUT2D eigenvalue weighted by Gasteiger charge is -2.49. The highest BCUT2D eigenvalue weighted by molar-refractivity contribution is 8.00. The fourth-order valence-corrected chi connectivity index (χ4v) is 6.47. The van der Waals surface area contributed by atoms with Gasteiger partial charge in [-0.25, -0.2) is 14.6 Å². The van der Waals surface area contributed by atoms with Gasteiger partial charge in [-0.15, -0.1) is 23.1 Å². The Hall–Kier alpha value is -6.22. The highest BCUT2D eigenvalue weighted by atomic mass is 32.2. The van der Waals surface area contributed by atoms with Crippen molar-refractivity contribution in [3.05, 3.63) is 75.9 Å². The maximum absolute atomic E-state index is 13.3. The summed E-state index contributed by atoms with van der Waals surface area (Å²) in [4.78, 5) is 90.2. The van der Waals surface area contributed by atoms with Crippen molar-refractivity contribution >= 4 is 69.6 Å². The molecule has 2 aliphatic heterocycles. The largest absolute Gasteiger partial charge is 0.512 e. The molecule has 3 aromatic rings. The second kappa shape index (κ2) is 14.3. The number of fused-ring (bicyclic) bond motifs is 1. The van der Waals surface area contributed by atoms with Crippen LogP contribution in [0.15, 0.2) is 58.5 Å². The van der Waals surface area contributed by atoms with E-state index in [0.717, 1.165) is 40.1 Å². The molecule has 8 N–H and O–H groups in total. The molecule has 0 spiro atoms. The number of hydrogen-bond donors (Lipinski definition) is 7. The van der Waals surface area contributed by atoms with E-state index in [1.54, 1.807) is 0 Å². The number of benzene rings is 1. The number of phenols is 2. The summed E-state index contributed by atoms with van der Waals surface area (Å²) in [6.45, 7) is 2.06. The van der Waals surface area contributed by atoms with Crippen molar-refractivity contribution in [1.29, 1.82) is 0 Å². The van der Waals surface area contributed by atoms with E-state index >= 15 is 0 Å². The first-order valence-corrected chi connectivity index (χ1v) is 16.4. The van der Waals surface area contributed by atoms with Crippen molar-refractivity contribution < 1.29 is 58.8 Å². The zero-order chi connectivity index (χ0) is 37.2. The first-order chi connectivity index (χ1) is 24.1. The number of aromatic hydroxyl groups is 2. The van der Waals surface area contributed by atoms with Gasteiger partial charge < -0.3 is 46.4 Å². The number of amides is 3. The van der Waals surface area contributed by atoms with Crippen molar-refractivity contribution in [3.63, 3.8) is 0 Å². The number of nitrogen functional groups attached to an aromatic ring is 1. The molecule has 1 aromatic carbocycles. The predicted octanol–water partition coefficient (Wildman–Crippen LogP) is 1.08. The first-order valence-electron chi connectivity index (χ1n) is 14.5. The van der Waals surface area contributed by atoms with Crippen LogP contribution in [0.3, 0.4) is 0 Å². The minimum Gasteiger partial charge on any atom is -0.504 e. The Bertz CT molecular complexity index is 2030. The second-order valence-corrected chi connectivity index (χ2v) is 13.2. The van der Waals surface area contributed by atoms with E-state index in [-0.39, 0.29) is 45.5 Å². The number of carboxylic acids is 1. The Morgan fingerprint density at radius 1 is 1.14 bits per heavy atom. The lowest BCUT2D eigenvalue weighted by atomic mass is 10.0. The lowest BCUT2D eigenvalue weighted by molar-refractivity contribution is -0.161. The third-order valence-electron chi connectivity index (χ3n) is 7.29. The third-order valence-corrected chi connectivity index (χ3v) is 9.30. The number of β-lactam (4-membered cyclic amide) rings is 1. The summed E-state index contributed by atoms with van der Waals surface area (Å²) in [6.07, 6.45) is -0.492. The number of ketones is 1. The molecule has 0 bridgehead atoms. The fraction of sp³-hybridized carbons (Fsp3) is 0.233. The van der Waals surface area contributed by atoms with E-state index in [9.17, 15) is 49.2 Å². The van der Waals surface area contributed by atoms with E-state index in [1.807, 2.05) is 0 Å². The molecule has 4 heterocycles. The molecule has 3 amide bonds. The molecule has 1 unspecified atom stereocenters. The van der Waals surface area contributed by atoms with Crippen molar-refractivity contribution in [1.82, 2.24) is 25.5 Å². The summed E-state index contributed by atoms with van der Waals surface area (Å²) >= 11 is 2.08. The first kappa shape index (κ1) is 36.1. The van der Waals surface area contributed by atoms with Gasteiger partial charge in [0.1, 0.15) is 22.8 Å². The van der Waals surface area contributed by atoms with Crippen LogP contribution in [0.2, 0.25) is 0 Å². The maximum atomic E-state index is 13.3. The summed E-state index contributed by atoms with van der Waals surface area (Å²) < 4.78 is 4.95. The van der Waals surface area contributed by atoms with Crippen molar-refractivity contribution in [2.24, 2.45) is 5.16 Å². The van der Waals surface area contributed by atoms with Crippen LogP contribution >= 0.6 is 23.1 Å². The van der Waals surface area contributed by atoms with Gasteiger partial charge in [-0.05, 0) is 44.2 Å². The number of aliphatic carboxylic acids is 1. The summed E-state index contributed by atoms with van der Waals surface area (Å²) in [5, 5.41) is 47.5. The average molecular weight is 742 g/mol. The topological polar surface area (TPSA) is 293 Å². The highest BCUT2D eigenvalue weighted by Gasteiger charge is 2.54. The van der Waals surface area contributed by atoms with Gasteiger partial charge in [-0.1, -0.05) is 5.16 Å². The molecule has 2 aromatic heterocycles. The molecule has 51 heavy (non-hydrogen) atoms. The maximum Gasteiger partial charge on any atom is 0.512 e. The van der Waals surface area contributed by atoms with E-state index in [1.165, 1.54) is 43.6 Å². The standard InChI is InChI=1S/C30H27N7O12S2/c1-30(2,27(44)45)49-36-19(15-11-51-28(31)34-15)23(42)35-20-24(43)37-25(48-29(46)47)13(10-50-26(20)37)9-33-22(41)18-14(4-3-7-32-18)21(40)12-5-6-16(38)17(39)8-12/h3-8,11,20,26,38-39H,9-10H2,1-2H3,(H2,31,34)(H,33,41)(H,35,42)(H,44,45)(H,46,47)/b36-19-/t20?,26-/m0/s1. The number of aromatic nitrogens is 2. The zero-order valence-electron chi connectivity index (χ0n) is 26.3. The fourth-order valence-electron chi connectivity index (χ4n) is 4.60. The number of pyridine rings is 1. The second-order valence-electron chi connectivity index (χ2n) is 11.2. The Morgan fingerprint density at radius 3 is 2.53 bits per heavy atom. The molecular formula is C30H27N7O12S2. The number of oxime groups is 1. The van der Waals surface area contributed by atoms with Gasteiger partial charge in [0.2, 0.25) is 11.5 Å². The van der Waals surface area contributed by atoms with Gasteiger partial charge in [0, 0.05) is 35.0 Å². The van der Waals surface area contributed by atoms with Crippen molar-refractivity contribution in [2.45, 2.75) is 30.9 Å². The van der Waals surface area contributed by atoms with Crippen LogP contribution in [0.1, 0.15) is 46.0 Å². The molecule has 21 heteroatoms. The zero-order valence-corrected chi connectivity index (χ0v) is 28.0. The van der Waals surface area contributed by atoms with E-state index in [4.69, 9.17) is 15.3 Å². The van der Waals surface area contributed by atoms with Crippen LogP contribution in [0.4, 0.5) is 9.93 Å². The van der Waals surface area contributed by atoms with Gasteiger partial charge in [0.25, 0.3) is 17.7 Å². The monoisotopic (exact) mass is 741 g/mol. The molecule has 0 aliphatic carbocycles. The summed E-state index contributed by atoms with van der Waals surface area (Å²) in [5.74, 6) is -6.01. The van der Waals surface area contributed by atoms with Crippen LogP contribution in [0, 0.1) is 0 Å². The number of carbonyl (C=O) groups is 6. The van der Waals surface area contributed by atoms with Crippen molar-refractivity contribution in [3.8, 4) is 11.5 Å². The van der Waals surface area contributed by atoms with Crippen LogP contribution in [-0.4, -0.2) is 106 Å². The van der Waals surface area contributed by atoms with Crippen LogP contribution in [-0.2, 0) is 24.0 Å². The minimum absolute atomic E-state index is 0.0178. The Kier molecular flexibility index (Phi) is 10.1. The molecular weight excluding hydrogens is 715 g/mol. The highest BCUT2D eigenvalue weighted by Crippen LogP contribution is 2.40. The summed E-state index contributed by atoms with van der Waals surface area (Å²) in [6, 6.07) is 4.91. The van der Waals surface area contributed by atoms with Gasteiger partial charge in [-0.2, -0.15) is 0 Å². The Labute approximate surface area is 294 Å². The number of nitrogens with zero attached hydrogens (tertiary/aromatic N) is 4. The van der Waals surface area contributed by atoms with Gasteiger partial charge in [0.05, 0.1) is 5.56 Å². The minimum atomic E-state index is -1.83. The Balaban J connectivity index is 1.33. The number of nitrogens with one attached hydrogen (secondary N) is 2. The van der Waals surface area contributed by atoms with Gasteiger partial charge >= 0.3 is 12.1 Å². The molecule has 0 saturated carbocycles. The van der Waals surface area contributed by atoms with Gasteiger partial charge in [0.15, 0.2) is 28.1 Å². The predicted molar refractivity (Wildman–Crippen MR) is 177 cm³/mol. The van der Waals surface area contributed by atoms with Crippen LogP contribution < -0.4 is 16.4 Å². The molecule has 2 aliphatic rings. The van der Waals surface area contributed by atoms with Crippen LogP contribution in [0.5, 0.6) is 11.5 Å². The van der Waals surface area contributed by atoms with E-state index < -0.39 is 75.7 Å². The third kappa shape index (κ3) is 7.52. The van der Waals surface area contributed by atoms with Crippen molar-refractivity contribution in [2.75, 3.05) is 18.0 Å². The summed E-state index contributed by atoms with van der Waals surface area (Å²) in [5.41, 5.74) is 3.03. The molecule has 266 valence electrons. The lowest BCUT2D eigenvalue weighted by Crippen LogP contribution is -2.70. The Morgan fingerprint density at radius 2 is 1.88 bits per heavy atom. The summed E-state index contributed by atoms with van der Waals surface area (Å²) in [7, 11) is 0. The number of hydrogen-bond acceptors (Lipinski definition) is 16. The average Bonchev–Trinajstić information content (AvgIpc) is 3.52. The van der Waals surface area contributed by atoms with E-state index in [0.29, 0.717) is 0 Å². The quantitative estimate of drug-likeness (QED) is 0.0341. The molecule has 1 fully saturated rings. The number of carbonyl (C=O) groups excluding carboxylic acids is 4. The number of carboxylic acid groups (broad SMARTS) is 2. The number of phenolic OH excluding ortho intramolecular Hbond substituents is 2. The number of anilines is 1. The van der Waals surface area contributed by atoms with Crippen LogP contribution in [0.25, 0.3) is 0 Å². The molecule has 2 atom stereocenters. The number of nitrogens with two attached hydrogens (primary N) is 1. The number of rotatable bonds is 12. The molecule has 5 rings (SSSR count). The number of ether oxygens (including phenoxy) is 1. The molecule has 19 nitrogen and oxygen atoms in total. The molecule has 1 saturated heterocycles. The molecule has 0 radical (unpaired) electrons. The number of thiazole rings is 1.